The molecule has 0 spiro atoms. The smallest absolute Gasteiger partial charge is 0.336 e. The summed E-state index contributed by atoms with van der Waals surface area (Å²) < 4.78 is 5.99. The van der Waals surface area contributed by atoms with Crippen LogP contribution in [0.2, 0.25) is 0 Å². The number of thiocarbonyl (C=S) groups is 1. The van der Waals surface area contributed by atoms with Crippen LogP contribution in [0.5, 0.6) is 28.7 Å². The van der Waals surface area contributed by atoms with E-state index < -0.39 is 83.0 Å². The van der Waals surface area contributed by atoms with Gasteiger partial charge in [0, 0.05) is 177 Å². The van der Waals surface area contributed by atoms with Gasteiger partial charge in [-0.2, -0.15) is 0 Å². The minimum atomic E-state index is -1.27. The summed E-state index contributed by atoms with van der Waals surface area (Å²) >= 11 is 5.73. The summed E-state index contributed by atoms with van der Waals surface area (Å²) in [7, 11) is 1.79. The monoisotopic (exact) mass is 1530 g/mol. The Morgan fingerprint density at radius 2 is 1.03 bits per heavy atom. The molecular formula is C78H90N14O17S. The lowest BCUT2D eigenvalue weighted by Gasteiger charge is -2.31. The zero-order chi connectivity index (χ0) is 78.4. The van der Waals surface area contributed by atoms with E-state index in [2.05, 4.69) is 58.1 Å². The van der Waals surface area contributed by atoms with Crippen molar-refractivity contribution in [1.29, 1.82) is 0 Å². The number of phenols is 5. The van der Waals surface area contributed by atoms with E-state index in [0.717, 1.165) is 0 Å². The number of hydrogen-bond acceptors (Lipinski definition) is 22. The highest BCUT2D eigenvalue weighted by Gasteiger charge is 2.28. The number of nitrogens with one attached hydrogen (secondary N) is 10. The molecule has 0 fully saturated rings. The lowest BCUT2D eigenvalue weighted by Crippen LogP contribution is -2.49. The molecule has 580 valence electrons. The highest BCUT2D eigenvalue weighted by molar-refractivity contribution is 7.80. The second kappa shape index (κ2) is 38.8. The number of aliphatic hydroxyl groups is 1. The number of phenolic OH excluding ortho intramolecular Hbond substituents is 4. The lowest BCUT2D eigenvalue weighted by molar-refractivity contribution is 0.0695. The van der Waals surface area contributed by atoms with Crippen LogP contribution in [0.1, 0.15) is 108 Å². The maximum Gasteiger partial charge on any atom is 0.336 e. The number of carboxylic acid groups (broad SMARTS) is 1. The van der Waals surface area contributed by atoms with E-state index in [1.54, 1.807) is 31.3 Å². The van der Waals surface area contributed by atoms with Crippen molar-refractivity contribution in [3.63, 3.8) is 0 Å². The summed E-state index contributed by atoms with van der Waals surface area (Å²) in [4.78, 5) is 132. The molecule has 6 aromatic carbocycles. The quantitative estimate of drug-likeness (QED) is 0.0374. The molecule has 17 N–H and O–H groups in total. The van der Waals surface area contributed by atoms with Gasteiger partial charge in [-0.05, 0) is 123 Å². The summed E-state index contributed by atoms with van der Waals surface area (Å²) in [5.74, 6) is -8.06. The van der Waals surface area contributed by atoms with Crippen molar-refractivity contribution < 1.29 is 78.5 Å². The minimum absolute atomic E-state index is 0.0164. The van der Waals surface area contributed by atoms with Gasteiger partial charge in [0.15, 0.2) is 10.5 Å². The molecule has 0 saturated heterocycles. The van der Waals surface area contributed by atoms with Gasteiger partial charge in [0.25, 0.3) is 41.4 Å². The van der Waals surface area contributed by atoms with Gasteiger partial charge in [0.2, 0.25) is 0 Å². The maximum atomic E-state index is 14.8. The number of amides is 7. The van der Waals surface area contributed by atoms with Gasteiger partial charge in [-0.15, -0.1) is 0 Å². The normalized spacial score (nSPS) is 17.4. The fourth-order valence-corrected chi connectivity index (χ4v) is 13.4. The number of likely N-dealkylation sites (N-methyl/N-ethyl adjacent to an activating group) is 1. The van der Waals surface area contributed by atoms with Gasteiger partial charge in [-0.1, -0.05) is 36.4 Å². The number of carboxylic acids is 1. The van der Waals surface area contributed by atoms with E-state index in [4.69, 9.17) is 16.6 Å². The molecule has 6 aromatic rings. The number of unbranched alkanes of at least 4 members (excludes halogenated alkanes) is 1. The molecule has 1 aliphatic carbocycles. The Balaban J connectivity index is 0.945. The zero-order valence-electron chi connectivity index (χ0n) is 60.6. The maximum absolute atomic E-state index is 14.8. The predicted molar refractivity (Wildman–Crippen MR) is 415 cm³/mol. The molecule has 5 aliphatic rings. The van der Waals surface area contributed by atoms with Crippen LogP contribution in [0.15, 0.2) is 137 Å². The molecule has 0 aromatic heterocycles. The largest absolute Gasteiger partial charge is 0.508 e. The van der Waals surface area contributed by atoms with Gasteiger partial charge in [0.1, 0.15) is 40.1 Å². The fourth-order valence-electron chi connectivity index (χ4n) is 13.1. The Kier molecular flexibility index (Phi) is 28.5. The second-order valence-electron chi connectivity index (χ2n) is 26.5. The summed E-state index contributed by atoms with van der Waals surface area (Å²) in [5, 5.41) is 107. The van der Waals surface area contributed by atoms with Crippen LogP contribution in [0.4, 0.5) is 5.69 Å². The molecule has 3 atom stereocenters. The van der Waals surface area contributed by atoms with Crippen molar-refractivity contribution >= 4 is 81.3 Å². The van der Waals surface area contributed by atoms with Crippen LogP contribution in [0.25, 0.3) is 33.4 Å². The lowest BCUT2D eigenvalue weighted by atomic mass is 9.90. The molecule has 8 bridgehead atoms. The summed E-state index contributed by atoms with van der Waals surface area (Å²) in [6.07, 6.45) is 1.11. The number of carbonyl (C=O) groups is 8. The first kappa shape index (κ1) is 80.8. The summed E-state index contributed by atoms with van der Waals surface area (Å²) in [6, 6.07) is 29.6. The average molecular weight is 1530 g/mol. The molecule has 3 unspecified atom stereocenters. The highest BCUT2D eigenvalue weighted by Crippen LogP contribution is 2.43. The first-order valence-corrected chi connectivity index (χ1v) is 36.5. The van der Waals surface area contributed by atoms with Gasteiger partial charge in [-0.3, -0.25) is 58.0 Å². The molecule has 0 radical (unpaired) electrons. The fraction of sp³-hybridized carbons (Fsp3) is 0.333. The van der Waals surface area contributed by atoms with Crippen LogP contribution in [0.3, 0.4) is 0 Å². The molecule has 7 amide bonds. The number of fused-ring (bicyclic) bond motifs is 26. The summed E-state index contributed by atoms with van der Waals surface area (Å²) in [5.41, 5.74) is 0.281. The van der Waals surface area contributed by atoms with Crippen molar-refractivity contribution in [2.75, 3.05) is 143 Å². The average Bonchev–Trinajstić information content (AvgIpc) is 0.747. The van der Waals surface area contributed by atoms with Crippen molar-refractivity contribution in [2.24, 2.45) is 0 Å². The zero-order valence-corrected chi connectivity index (χ0v) is 61.4. The van der Waals surface area contributed by atoms with Crippen LogP contribution >= 0.6 is 12.2 Å². The number of anilines is 1. The van der Waals surface area contributed by atoms with Crippen molar-refractivity contribution in [3.8, 4) is 51.2 Å². The first-order valence-electron chi connectivity index (χ1n) is 36.1. The van der Waals surface area contributed by atoms with E-state index >= 15 is 0 Å². The Bertz CT molecular complexity index is 4730. The topological polar surface area (TPSA) is 442 Å². The van der Waals surface area contributed by atoms with Crippen molar-refractivity contribution in [2.45, 2.75) is 31.9 Å². The number of aliphatic hydroxyl groups excluding tert-OH is 1. The number of carbonyl (C=O) groups excluding carboxylic acids is 7. The van der Waals surface area contributed by atoms with Gasteiger partial charge in [0.05, 0.1) is 51.1 Å². The van der Waals surface area contributed by atoms with Gasteiger partial charge in [-0.25, -0.2) is 4.79 Å². The Labute approximate surface area is 638 Å². The number of benzene rings is 7. The Hall–Kier alpha value is -11.8. The molecule has 4 aliphatic heterocycles. The van der Waals surface area contributed by atoms with Crippen molar-refractivity contribution in [3.05, 3.63) is 188 Å². The Morgan fingerprint density at radius 3 is 1.58 bits per heavy atom. The van der Waals surface area contributed by atoms with Crippen molar-refractivity contribution in [1.82, 2.24) is 67.5 Å². The van der Waals surface area contributed by atoms with Crippen LogP contribution < -0.4 is 58.6 Å². The highest BCUT2D eigenvalue weighted by atomic mass is 32.1. The number of aromatic hydroxyl groups is 5. The van der Waals surface area contributed by atoms with Gasteiger partial charge < -0.3 is 93.3 Å². The first-order chi connectivity index (χ1) is 53.1. The van der Waals surface area contributed by atoms with E-state index in [1.807, 2.05) is 14.7 Å². The minimum Gasteiger partial charge on any atom is -0.508 e. The SMILES string of the molecule is CNCCN1CCNC(=O)c2cccc(c2O)C(=O)NCCN(CCNC(=O)c2cccc(CO)c2O)CCN2CCNC(=O)c3cccc(c3O)C(=O)NCCN(CCNC(=O)c3cccc(c3O)C(=O)NC(CCCCNC(=S)Nc3ccc(-c4c5ccc(=O)cc-5oc5cc(O)ccc45)c(C(=O)O)c3)C2)CC1. The van der Waals surface area contributed by atoms with E-state index in [9.17, 15) is 78.9 Å². The van der Waals surface area contributed by atoms with Gasteiger partial charge >= 0.3 is 5.97 Å². The molecule has 4 heterocycles. The number of para-hydroxylation sites is 4. The molecule has 110 heavy (non-hydrogen) atoms. The second-order valence-corrected chi connectivity index (χ2v) is 26.9. The Morgan fingerprint density at radius 1 is 0.509 bits per heavy atom. The molecule has 11 rings (SSSR count). The number of hydrogen-bond donors (Lipinski definition) is 17. The van der Waals surface area contributed by atoms with Crippen LogP contribution in [-0.4, -0.2) is 252 Å². The van der Waals surface area contributed by atoms with E-state index in [0.29, 0.717) is 73.3 Å². The van der Waals surface area contributed by atoms with E-state index in [1.165, 1.54) is 103 Å². The number of nitrogens with zero attached hydrogens (tertiary/aromatic N) is 4. The molecular weight excluding hydrogens is 1440 g/mol. The molecule has 31 nitrogen and oxygen atoms in total. The number of rotatable bonds is 16. The standard InChI is InChI=1S/C78H90N14O17S/c1-79-24-31-89-32-25-81-71(101)56-11-5-12-57(67(56)97)73(103)83-29-36-91(35-26-80-70(100)55-10-4-8-47(46-93)66(55)96)40-41-92-37-30-85-74(104)59-14-6-13-58(68(59)98)72(102)82-27-33-90(39-38-89)34-28-84-75(105)60-15-7-16-61(69(60)99)76(106)87-49(45-92)9-2-3-23-86-78(110)88-48-17-20-52(62(42-48)77(107)108)65-53-21-18-50(94)43-63(53)109-64-44-51(95)19-22-54(64)65/h4-8,10-22,42-44,49,79,93-94,96-99H,2-3,9,23-41,45-46H2,1H3,(H,80,100)(H,81,101)(H,82,102)(H,83,103)(H,84,105)(H,85,104)(H,87,106)(H,107,108)(H2,86,88,110). The third-order valence-electron chi connectivity index (χ3n) is 19.1. The van der Waals surface area contributed by atoms with Crippen LogP contribution in [0, 0.1) is 0 Å². The third kappa shape index (κ3) is 21.1. The predicted octanol–water partition coefficient (Wildman–Crippen LogP) is 3.47. The number of aromatic carboxylic acids is 1. The van der Waals surface area contributed by atoms with E-state index in [-0.39, 0.29) is 182 Å². The van der Waals surface area contributed by atoms with Crippen LogP contribution in [-0.2, 0) is 6.61 Å². The molecule has 0 saturated carbocycles. The third-order valence-corrected chi connectivity index (χ3v) is 19.3. The molecule has 32 heteroatoms. The summed E-state index contributed by atoms with van der Waals surface area (Å²) in [6.45, 7) is 3.11.